The van der Waals surface area contributed by atoms with Gasteiger partial charge in [-0.15, -0.1) is 0 Å². The second kappa shape index (κ2) is 14.1. The fourth-order valence-electron chi connectivity index (χ4n) is 3.97. The summed E-state index contributed by atoms with van der Waals surface area (Å²) in [6.45, 7) is -1.12. The van der Waals surface area contributed by atoms with Crippen molar-refractivity contribution in [1.29, 1.82) is 0 Å². The van der Waals surface area contributed by atoms with Crippen molar-refractivity contribution >= 4 is 17.8 Å². The fourth-order valence-corrected chi connectivity index (χ4v) is 3.97. The largest absolute Gasteiger partial charge is 0.460 e. The maximum Gasteiger partial charge on any atom is 0.320 e. The van der Waals surface area contributed by atoms with E-state index < -0.39 is 60.6 Å². The first-order valence-corrected chi connectivity index (χ1v) is 12.4. The minimum atomic E-state index is -2.95. The molecule has 1 aliphatic rings. The van der Waals surface area contributed by atoms with Crippen molar-refractivity contribution in [3.05, 3.63) is 71.8 Å². The second-order valence-electron chi connectivity index (χ2n) is 9.10. The standard InChI is InChI=1S/C27H33NO11/c29-14-20-21(30)22(31)23(32)27(36,39-20)26(35)28-13-7-12-19(24(33)37-15-17-8-3-1-4-9-17)25(34)38-16-18-10-5-2-6-11-18/h1-6,8-11,19-23,29-32,36H,7,12-16H2,(H,28,35)/t20-,21-,22+,23-,27+/m1/s1. The monoisotopic (exact) mass is 547 g/mol. The lowest BCUT2D eigenvalue weighted by molar-refractivity contribution is -0.331. The lowest BCUT2D eigenvalue weighted by Gasteiger charge is -2.44. The molecule has 0 aliphatic carbocycles. The third-order valence-corrected chi connectivity index (χ3v) is 6.26. The highest BCUT2D eigenvalue weighted by Gasteiger charge is 2.57. The van der Waals surface area contributed by atoms with Crippen molar-refractivity contribution in [2.45, 2.75) is 56.3 Å². The summed E-state index contributed by atoms with van der Waals surface area (Å²) < 4.78 is 15.6. The Hall–Kier alpha value is -3.39. The molecule has 1 aliphatic heterocycles. The first-order chi connectivity index (χ1) is 18.7. The van der Waals surface area contributed by atoms with Gasteiger partial charge in [0.05, 0.1) is 6.61 Å². The molecular weight excluding hydrogens is 514 g/mol. The molecule has 6 N–H and O–H groups in total. The summed E-state index contributed by atoms with van der Waals surface area (Å²) in [6.07, 6.45) is -7.45. The molecule has 12 nitrogen and oxygen atoms in total. The van der Waals surface area contributed by atoms with E-state index in [1.54, 1.807) is 48.5 Å². The summed E-state index contributed by atoms with van der Waals surface area (Å²) in [6, 6.07) is 17.8. The summed E-state index contributed by atoms with van der Waals surface area (Å²) in [5, 5.41) is 51.9. The van der Waals surface area contributed by atoms with E-state index in [0.717, 1.165) is 11.1 Å². The number of aliphatic hydroxyl groups excluding tert-OH is 4. The van der Waals surface area contributed by atoms with Crippen LogP contribution in [0.2, 0.25) is 0 Å². The van der Waals surface area contributed by atoms with Gasteiger partial charge in [-0.05, 0) is 24.0 Å². The smallest absolute Gasteiger partial charge is 0.320 e. The average molecular weight is 548 g/mol. The van der Waals surface area contributed by atoms with Crippen molar-refractivity contribution < 1.29 is 54.1 Å². The van der Waals surface area contributed by atoms with Gasteiger partial charge < -0.3 is 45.1 Å². The van der Waals surface area contributed by atoms with E-state index in [0.29, 0.717) is 0 Å². The highest BCUT2D eigenvalue weighted by molar-refractivity contribution is 5.94. The molecular formula is C27H33NO11. The highest BCUT2D eigenvalue weighted by atomic mass is 16.7. The van der Waals surface area contributed by atoms with E-state index in [1.807, 2.05) is 12.1 Å². The number of rotatable bonds is 12. The number of carbonyl (C=O) groups is 3. The van der Waals surface area contributed by atoms with Gasteiger partial charge in [-0.3, -0.25) is 14.4 Å². The average Bonchev–Trinajstić information content (AvgIpc) is 2.96. The number of nitrogens with one attached hydrogen (secondary N) is 1. The predicted octanol–water partition coefficient (Wildman–Crippen LogP) is -0.852. The molecule has 2 aromatic rings. The van der Waals surface area contributed by atoms with E-state index in [-0.39, 0.29) is 32.6 Å². The van der Waals surface area contributed by atoms with Crippen LogP contribution in [-0.4, -0.2) is 86.7 Å². The van der Waals surface area contributed by atoms with Gasteiger partial charge in [0.2, 0.25) is 0 Å². The molecule has 0 saturated carbocycles. The van der Waals surface area contributed by atoms with Crippen LogP contribution in [0.15, 0.2) is 60.7 Å². The molecule has 1 amide bonds. The number of hydrogen-bond donors (Lipinski definition) is 6. The van der Waals surface area contributed by atoms with Crippen LogP contribution in [0.3, 0.4) is 0 Å². The minimum absolute atomic E-state index is 0.0536. The molecule has 0 radical (unpaired) electrons. The van der Waals surface area contributed by atoms with Gasteiger partial charge in [-0.2, -0.15) is 0 Å². The van der Waals surface area contributed by atoms with Gasteiger partial charge in [0.1, 0.15) is 37.6 Å². The van der Waals surface area contributed by atoms with Crippen LogP contribution in [0.25, 0.3) is 0 Å². The quantitative estimate of drug-likeness (QED) is 0.110. The first kappa shape index (κ1) is 30.2. The summed E-state index contributed by atoms with van der Waals surface area (Å²) in [7, 11) is 0. The van der Waals surface area contributed by atoms with Crippen molar-refractivity contribution in [1.82, 2.24) is 5.32 Å². The summed E-state index contributed by atoms with van der Waals surface area (Å²) in [4.78, 5) is 38.2. The Morgan fingerprint density at radius 3 is 1.87 bits per heavy atom. The fraction of sp³-hybridized carbons (Fsp3) is 0.444. The van der Waals surface area contributed by atoms with Crippen molar-refractivity contribution in [2.24, 2.45) is 5.92 Å². The van der Waals surface area contributed by atoms with Crippen molar-refractivity contribution in [2.75, 3.05) is 13.2 Å². The molecule has 1 fully saturated rings. The van der Waals surface area contributed by atoms with Gasteiger partial charge in [0, 0.05) is 6.54 Å². The number of amides is 1. The Morgan fingerprint density at radius 1 is 0.872 bits per heavy atom. The molecule has 212 valence electrons. The van der Waals surface area contributed by atoms with Crippen LogP contribution in [0.5, 0.6) is 0 Å². The third-order valence-electron chi connectivity index (χ3n) is 6.26. The van der Waals surface area contributed by atoms with Crippen LogP contribution >= 0.6 is 0 Å². The van der Waals surface area contributed by atoms with Crippen LogP contribution in [0.4, 0.5) is 0 Å². The minimum Gasteiger partial charge on any atom is -0.460 e. The molecule has 0 bridgehead atoms. The van der Waals surface area contributed by atoms with Crippen LogP contribution in [0.1, 0.15) is 24.0 Å². The van der Waals surface area contributed by atoms with Gasteiger partial charge in [0.15, 0.2) is 5.92 Å². The van der Waals surface area contributed by atoms with Crippen molar-refractivity contribution in [3.63, 3.8) is 0 Å². The zero-order valence-corrected chi connectivity index (χ0v) is 21.1. The van der Waals surface area contributed by atoms with E-state index >= 15 is 0 Å². The number of ether oxygens (including phenoxy) is 3. The van der Waals surface area contributed by atoms with E-state index in [1.165, 1.54) is 0 Å². The molecule has 1 saturated heterocycles. The third kappa shape index (κ3) is 7.82. The van der Waals surface area contributed by atoms with E-state index in [2.05, 4.69) is 5.32 Å². The second-order valence-corrected chi connectivity index (χ2v) is 9.10. The van der Waals surface area contributed by atoms with Gasteiger partial charge in [0.25, 0.3) is 11.7 Å². The molecule has 12 heteroatoms. The Kier molecular flexibility index (Phi) is 10.9. The van der Waals surface area contributed by atoms with E-state index in [9.17, 15) is 39.9 Å². The van der Waals surface area contributed by atoms with Crippen LogP contribution < -0.4 is 5.32 Å². The molecule has 2 aromatic carbocycles. The van der Waals surface area contributed by atoms with Gasteiger partial charge >= 0.3 is 11.9 Å². The molecule has 5 atom stereocenters. The molecule has 1 heterocycles. The molecule has 0 unspecified atom stereocenters. The first-order valence-electron chi connectivity index (χ1n) is 12.4. The van der Waals surface area contributed by atoms with E-state index in [4.69, 9.17) is 14.2 Å². The summed E-state index contributed by atoms with van der Waals surface area (Å²) in [5.74, 6) is -7.11. The summed E-state index contributed by atoms with van der Waals surface area (Å²) in [5.41, 5.74) is 1.45. The summed E-state index contributed by atoms with van der Waals surface area (Å²) >= 11 is 0. The predicted molar refractivity (Wildman–Crippen MR) is 133 cm³/mol. The lowest BCUT2D eigenvalue weighted by Crippen LogP contribution is -2.70. The molecule has 0 aromatic heterocycles. The van der Waals surface area contributed by atoms with Crippen molar-refractivity contribution in [3.8, 4) is 0 Å². The zero-order valence-electron chi connectivity index (χ0n) is 21.1. The number of aliphatic hydroxyl groups is 5. The molecule has 0 spiro atoms. The number of carbonyl (C=O) groups excluding carboxylic acids is 3. The Bertz CT molecular complexity index is 1030. The Morgan fingerprint density at radius 2 is 1.38 bits per heavy atom. The topological polar surface area (TPSA) is 192 Å². The Balaban J connectivity index is 1.58. The lowest BCUT2D eigenvalue weighted by atomic mass is 9.92. The maximum atomic E-state index is 12.8. The van der Waals surface area contributed by atoms with Crippen LogP contribution in [-0.2, 0) is 41.8 Å². The number of esters is 2. The van der Waals surface area contributed by atoms with Crippen LogP contribution in [0, 0.1) is 5.92 Å². The molecule has 39 heavy (non-hydrogen) atoms. The zero-order chi connectivity index (χ0) is 28.4. The molecule has 3 rings (SSSR count). The number of hydrogen-bond acceptors (Lipinski definition) is 11. The van der Waals surface area contributed by atoms with Gasteiger partial charge in [-0.25, -0.2) is 0 Å². The highest BCUT2D eigenvalue weighted by Crippen LogP contribution is 2.28. The normalized spacial score (nSPS) is 24.7. The number of benzene rings is 2. The van der Waals surface area contributed by atoms with Gasteiger partial charge in [-0.1, -0.05) is 60.7 Å². The SMILES string of the molecule is O=C(OCc1ccccc1)C(CCCNC(=O)[C@@]1(O)O[C@H](CO)[C@@H](O)[C@H](O)[C@H]1O)C(=O)OCc1ccccc1. The Labute approximate surface area is 224 Å². The maximum absolute atomic E-state index is 12.8.